The third-order valence-corrected chi connectivity index (χ3v) is 10.7. The molecule has 5 rings (SSSR count). The second kappa shape index (κ2) is 16.0. The van der Waals surface area contributed by atoms with Crippen LogP contribution in [0.5, 0.6) is 11.5 Å². The van der Waals surface area contributed by atoms with Crippen LogP contribution in [0, 0.1) is 13.8 Å². The molecule has 0 bridgehead atoms. The smallest absolute Gasteiger partial charge is 0.264 e. The molecule has 49 heavy (non-hydrogen) atoms. The fraction of sp³-hybridized carbons (Fsp3) is 0.333. The molecule has 0 saturated heterocycles. The number of carbonyl (C=O) groups is 2. The van der Waals surface area contributed by atoms with Crippen molar-refractivity contribution in [1.82, 2.24) is 10.2 Å². The predicted octanol–water partition coefficient (Wildman–Crippen LogP) is 6.21. The molecule has 4 aromatic carbocycles. The number of amides is 2. The van der Waals surface area contributed by atoms with E-state index in [0.717, 1.165) is 52.2 Å². The van der Waals surface area contributed by atoms with Gasteiger partial charge in [0.15, 0.2) is 11.5 Å². The standard InChI is InChI=1S/C39H45N3O6S/c1-28-21-29(2)23-33(22-28)42(49(45,46)34-19-20-36(47-3)37(25-34)48-4)27-38(43)41(26-31-15-9-6-10-16-31)35(24-30-13-7-5-8-14-30)39(44)40-32-17-11-12-18-32/h5-10,13-16,19-23,25,32,35H,11-12,17-18,24,26-27H2,1-4H3,(H,40,44)/t35-/m1/s1. The minimum absolute atomic E-state index is 0.0386. The highest BCUT2D eigenvalue weighted by Gasteiger charge is 2.36. The molecule has 1 aliphatic rings. The number of methoxy groups -OCH3 is 2. The van der Waals surface area contributed by atoms with Crippen molar-refractivity contribution in [2.24, 2.45) is 0 Å². The van der Waals surface area contributed by atoms with Gasteiger partial charge in [0.1, 0.15) is 12.6 Å². The lowest BCUT2D eigenvalue weighted by Gasteiger charge is -2.34. The van der Waals surface area contributed by atoms with Crippen molar-refractivity contribution in [3.8, 4) is 11.5 Å². The third-order valence-electron chi connectivity index (χ3n) is 8.88. The Morgan fingerprint density at radius 2 is 1.39 bits per heavy atom. The highest BCUT2D eigenvalue weighted by atomic mass is 32.2. The average Bonchev–Trinajstić information content (AvgIpc) is 3.61. The number of ether oxygens (including phenoxy) is 2. The van der Waals surface area contributed by atoms with Gasteiger partial charge in [-0.05, 0) is 73.2 Å². The second-order valence-electron chi connectivity index (χ2n) is 12.6. The molecule has 1 fully saturated rings. The number of hydrogen-bond donors (Lipinski definition) is 1. The van der Waals surface area contributed by atoms with Gasteiger partial charge in [-0.1, -0.05) is 79.6 Å². The lowest BCUT2D eigenvalue weighted by molar-refractivity contribution is -0.140. The molecule has 2 amide bonds. The maximum absolute atomic E-state index is 14.8. The number of nitrogens with one attached hydrogen (secondary N) is 1. The molecular formula is C39H45N3O6S. The summed E-state index contributed by atoms with van der Waals surface area (Å²) in [5.74, 6) is -0.135. The molecule has 9 nitrogen and oxygen atoms in total. The van der Waals surface area contributed by atoms with Gasteiger partial charge in [-0.2, -0.15) is 0 Å². The molecule has 0 heterocycles. The quantitative estimate of drug-likeness (QED) is 0.169. The lowest BCUT2D eigenvalue weighted by atomic mass is 10.0. The summed E-state index contributed by atoms with van der Waals surface area (Å²) in [6.07, 6.45) is 4.13. The van der Waals surface area contributed by atoms with E-state index in [1.165, 1.54) is 37.3 Å². The van der Waals surface area contributed by atoms with Gasteiger partial charge in [-0.15, -0.1) is 0 Å². The Labute approximate surface area is 289 Å². The van der Waals surface area contributed by atoms with Gasteiger partial charge >= 0.3 is 0 Å². The van der Waals surface area contributed by atoms with Gasteiger partial charge in [0.25, 0.3) is 10.0 Å². The molecule has 1 atom stereocenters. The largest absolute Gasteiger partial charge is 0.493 e. The first-order chi connectivity index (χ1) is 23.6. The number of benzene rings is 4. The van der Waals surface area contributed by atoms with E-state index in [-0.39, 0.29) is 35.6 Å². The van der Waals surface area contributed by atoms with Gasteiger partial charge in [-0.3, -0.25) is 13.9 Å². The molecule has 0 spiro atoms. The molecule has 1 saturated carbocycles. The normalized spacial score (nSPS) is 13.8. The summed E-state index contributed by atoms with van der Waals surface area (Å²) >= 11 is 0. The number of hydrogen-bond acceptors (Lipinski definition) is 6. The van der Waals surface area contributed by atoms with Crippen molar-refractivity contribution in [2.75, 3.05) is 25.1 Å². The second-order valence-corrected chi connectivity index (χ2v) is 14.4. The van der Waals surface area contributed by atoms with Gasteiger partial charge < -0.3 is 19.7 Å². The number of aryl methyl sites for hydroxylation is 2. The van der Waals surface area contributed by atoms with E-state index in [1.54, 1.807) is 12.1 Å². The minimum Gasteiger partial charge on any atom is -0.493 e. The zero-order chi connectivity index (χ0) is 35.0. The van der Waals surface area contributed by atoms with Crippen LogP contribution >= 0.6 is 0 Å². The van der Waals surface area contributed by atoms with Gasteiger partial charge in [0.05, 0.1) is 24.8 Å². The van der Waals surface area contributed by atoms with E-state index in [1.807, 2.05) is 80.6 Å². The van der Waals surface area contributed by atoms with Crippen LogP contribution in [0.15, 0.2) is 102 Å². The van der Waals surface area contributed by atoms with Crippen LogP contribution in [0.25, 0.3) is 0 Å². The number of rotatable bonds is 14. The van der Waals surface area contributed by atoms with Crippen LogP contribution in [-0.2, 0) is 32.6 Å². The van der Waals surface area contributed by atoms with Crippen LogP contribution in [0.3, 0.4) is 0 Å². The predicted molar refractivity (Wildman–Crippen MR) is 191 cm³/mol. The van der Waals surface area contributed by atoms with Crippen LogP contribution < -0.4 is 19.1 Å². The van der Waals surface area contributed by atoms with Crippen molar-refractivity contribution >= 4 is 27.5 Å². The van der Waals surface area contributed by atoms with E-state index in [0.29, 0.717) is 11.4 Å². The molecule has 1 aliphatic carbocycles. The fourth-order valence-electron chi connectivity index (χ4n) is 6.43. The number of carbonyl (C=O) groups excluding carboxylic acids is 2. The molecule has 10 heteroatoms. The van der Waals surface area contributed by atoms with E-state index >= 15 is 0 Å². The Morgan fingerprint density at radius 1 is 0.796 bits per heavy atom. The summed E-state index contributed by atoms with van der Waals surface area (Å²) in [6, 6.07) is 28.0. The zero-order valence-electron chi connectivity index (χ0n) is 28.6. The Balaban J connectivity index is 1.59. The number of nitrogens with zero attached hydrogens (tertiary/aromatic N) is 2. The molecule has 4 aromatic rings. The van der Waals surface area contributed by atoms with Crippen LogP contribution in [0.1, 0.15) is 47.9 Å². The highest BCUT2D eigenvalue weighted by Crippen LogP contribution is 2.33. The van der Waals surface area contributed by atoms with E-state index in [9.17, 15) is 18.0 Å². The summed E-state index contributed by atoms with van der Waals surface area (Å²) in [5, 5.41) is 3.21. The number of anilines is 1. The zero-order valence-corrected chi connectivity index (χ0v) is 29.4. The molecular weight excluding hydrogens is 639 g/mol. The maximum Gasteiger partial charge on any atom is 0.264 e. The van der Waals surface area contributed by atoms with Crippen molar-refractivity contribution in [3.63, 3.8) is 0 Å². The Hall–Kier alpha value is -4.83. The Morgan fingerprint density at radius 3 is 1.98 bits per heavy atom. The summed E-state index contributed by atoms with van der Waals surface area (Å²) in [5.41, 5.74) is 3.74. The Kier molecular flexibility index (Phi) is 11.6. The summed E-state index contributed by atoms with van der Waals surface area (Å²) in [6.45, 7) is 3.34. The first kappa shape index (κ1) is 35.5. The molecule has 0 radical (unpaired) electrons. The minimum atomic E-state index is -4.32. The van der Waals surface area contributed by atoms with Crippen LogP contribution in [0.2, 0.25) is 0 Å². The molecule has 0 unspecified atom stereocenters. The summed E-state index contributed by atoms with van der Waals surface area (Å²) in [4.78, 5) is 30.4. The molecule has 258 valence electrons. The monoisotopic (exact) mass is 683 g/mol. The summed E-state index contributed by atoms with van der Waals surface area (Å²) in [7, 11) is -1.41. The first-order valence-corrected chi connectivity index (χ1v) is 18.0. The van der Waals surface area contributed by atoms with Crippen molar-refractivity contribution < 1.29 is 27.5 Å². The van der Waals surface area contributed by atoms with Crippen LogP contribution in [-0.4, -0.2) is 58.0 Å². The van der Waals surface area contributed by atoms with Crippen molar-refractivity contribution in [3.05, 3.63) is 119 Å². The fourth-order valence-corrected chi connectivity index (χ4v) is 7.84. The van der Waals surface area contributed by atoms with Crippen molar-refractivity contribution in [2.45, 2.75) is 69.5 Å². The maximum atomic E-state index is 14.8. The van der Waals surface area contributed by atoms with E-state index in [4.69, 9.17) is 9.47 Å². The summed E-state index contributed by atoms with van der Waals surface area (Å²) < 4.78 is 41.0. The number of sulfonamides is 1. The Bertz CT molecular complexity index is 1820. The van der Waals surface area contributed by atoms with E-state index < -0.39 is 28.5 Å². The topological polar surface area (TPSA) is 105 Å². The van der Waals surface area contributed by atoms with Crippen LogP contribution in [0.4, 0.5) is 5.69 Å². The van der Waals surface area contributed by atoms with E-state index in [2.05, 4.69) is 5.32 Å². The van der Waals surface area contributed by atoms with Gasteiger partial charge in [-0.25, -0.2) is 8.42 Å². The first-order valence-electron chi connectivity index (χ1n) is 16.6. The molecule has 0 aliphatic heterocycles. The average molecular weight is 684 g/mol. The van der Waals surface area contributed by atoms with Gasteiger partial charge in [0.2, 0.25) is 11.8 Å². The lowest BCUT2D eigenvalue weighted by Crippen LogP contribution is -2.54. The molecule has 1 N–H and O–H groups in total. The third kappa shape index (κ3) is 8.80. The molecule has 0 aromatic heterocycles. The SMILES string of the molecule is COc1ccc(S(=O)(=O)N(CC(=O)N(Cc2ccccc2)[C@H](Cc2ccccc2)C(=O)NC2CCCC2)c2cc(C)cc(C)c2)cc1OC. The van der Waals surface area contributed by atoms with Crippen molar-refractivity contribution in [1.29, 1.82) is 0 Å². The van der Waals surface area contributed by atoms with Gasteiger partial charge in [0, 0.05) is 25.1 Å². The highest BCUT2D eigenvalue weighted by molar-refractivity contribution is 7.92.